The standard InChI is InChI=1S/2C15H31NO3.H2O4S/c2*1-2-3-4-5-6-7-8-9-10-11-12-13-14(17)16-15(18)19;1-5(2,3)4/h2*15,18-19H,2-13H2,1H3,(H,16,17);(H2,1,2,3,4). The van der Waals surface area contributed by atoms with Gasteiger partial charge in [0.05, 0.1) is 12.8 Å². The number of primary amides is 2. The zero-order valence-electron chi connectivity index (χ0n) is 26.9. The molecule has 0 aromatic carbocycles. The quantitative estimate of drug-likeness (QED) is 0.0349. The molecule has 0 aromatic heterocycles. The summed E-state index contributed by atoms with van der Waals surface area (Å²) in [7, 11) is -5.17. The van der Waals surface area contributed by atoms with Gasteiger partial charge in [0.25, 0.3) is 0 Å². The first kappa shape index (κ1) is 46.4. The van der Waals surface area contributed by atoms with Crippen LogP contribution in [0.25, 0.3) is 0 Å². The summed E-state index contributed by atoms with van der Waals surface area (Å²) in [6.45, 7) is 4.48. The number of carbonyl (C=O) groups is 2. The Morgan fingerprint density at radius 1 is 0.488 bits per heavy atom. The van der Waals surface area contributed by atoms with Crippen LogP contribution in [0.15, 0.2) is 0 Å². The maximum absolute atomic E-state index is 11.1. The molecule has 0 aliphatic rings. The van der Waals surface area contributed by atoms with Gasteiger partial charge in [0.1, 0.15) is 0 Å². The van der Waals surface area contributed by atoms with Gasteiger partial charge in [-0.3, -0.25) is 8.42 Å². The summed E-state index contributed by atoms with van der Waals surface area (Å²) < 4.78 is 34.1. The Hall–Kier alpha value is -1.03. The second kappa shape index (κ2) is 35.4. The Bertz CT molecular complexity index is 655. The van der Waals surface area contributed by atoms with Gasteiger partial charge in [-0.15, -0.1) is 0 Å². The Balaban J connectivity index is -0.000000642. The molecule has 0 atom stereocenters. The number of hydrogen-bond acceptors (Lipinski definition) is 10. The van der Waals surface area contributed by atoms with E-state index in [1.165, 1.54) is 116 Å². The molecule has 0 aliphatic heterocycles. The molecule has 0 saturated carbocycles. The fourth-order valence-corrected chi connectivity index (χ4v) is 4.43. The summed E-state index contributed by atoms with van der Waals surface area (Å²) >= 11 is 0. The minimum absolute atomic E-state index is 0.161. The number of hydrogen-bond donors (Lipinski definition) is 6. The normalized spacial score (nSPS) is 11.2. The van der Waals surface area contributed by atoms with Crippen LogP contribution >= 0.6 is 0 Å². The third-order valence-corrected chi connectivity index (χ3v) is 6.72. The minimum Gasteiger partial charge on any atom is -0.759 e. The molecule has 0 rings (SSSR count). The lowest BCUT2D eigenvalue weighted by Gasteiger charge is -2.06. The van der Waals surface area contributed by atoms with E-state index in [0.717, 1.165) is 36.3 Å². The summed E-state index contributed by atoms with van der Waals surface area (Å²) in [6.07, 6.45) is 25.3. The molecule has 13 heteroatoms. The summed E-state index contributed by atoms with van der Waals surface area (Å²) in [5.74, 6) is -0.322. The number of aliphatic hydroxyl groups excluding tert-OH is 2. The lowest BCUT2D eigenvalue weighted by atomic mass is 10.1. The van der Waals surface area contributed by atoms with E-state index in [0.29, 0.717) is 12.8 Å². The first-order chi connectivity index (χ1) is 20.3. The van der Waals surface area contributed by atoms with Crippen molar-refractivity contribution in [1.29, 1.82) is 0 Å². The average Bonchev–Trinajstić information content (AvgIpc) is 2.89. The van der Waals surface area contributed by atoms with Crippen molar-refractivity contribution in [3.8, 4) is 0 Å². The SMILES string of the molecule is CCCCCCCCCCCCCC(=O)[NH2+]C(O)O.CCCCCCCCCCCCCC(=O)[NH2+]C(O)O.O=S(=O)([O-])[O-]. The fraction of sp³-hybridized carbons (Fsp3) is 0.933. The van der Waals surface area contributed by atoms with Crippen LogP contribution in [0.2, 0.25) is 0 Å². The highest BCUT2D eigenvalue weighted by Gasteiger charge is 2.10. The van der Waals surface area contributed by atoms with E-state index >= 15 is 0 Å². The average molecular weight is 645 g/mol. The van der Waals surface area contributed by atoms with E-state index in [-0.39, 0.29) is 11.8 Å². The zero-order valence-corrected chi connectivity index (χ0v) is 27.7. The van der Waals surface area contributed by atoms with Crippen LogP contribution in [0.3, 0.4) is 0 Å². The second-order valence-corrected chi connectivity index (χ2v) is 11.9. The van der Waals surface area contributed by atoms with Gasteiger partial charge in [0, 0.05) is 10.4 Å². The van der Waals surface area contributed by atoms with Gasteiger partial charge in [-0.1, -0.05) is 142 Å². The van der Waals surface area contributed by atoms with E-state index in [1.807, 2.05) is 0 Å². The van der Waals surface area contributed by atoms with Crippen LogP contribution in [0, 0.1) is 0 Å². The Morgan fingerprint density at radius 2 is 0.674 bits per heavy atom. The number of aliphatic hydroxyl groups is 4. The molecule has 0 unspecified atom stereocenters. The number of nitrogens with two attached hydrogens (primary N) is 2. The van der Waals surface area contributed by atoms with Crippen LogP contribution < -0.4 is 10.6 Å². The molecule has 43 heavy (non-hydrogen) atoms. The lowest BCUT2D eigenvalue weighted by Crippen LogP contribution is -2.93. The third kappa shape index (κ3) is 57.2. The predicted molar refractivity (Wildman–Crippen MR) is 163 cm³/mol. The number of rotatable bonds is 26. The number of amides is 2. The first-order valence-corrected chi connectivity index (χ1v) is 17.8. The summed E-state index contributed by atoms with van der Waals surface area (Å²) in [5, 5.41) is 36.3. The maximum atomic E-state index is 11.1. The van der Waals surface area contributed by atoms with E-state index < -0.39 is 23.2 Å². The lowest BCUT2D eigenvalue weighted by molar-refractivity contribution is -0.691. The zero-order chi connectivity index (χ0) is 33.2. The summed E-state index contributed by atoms with van der Waals surface area (Å²) in [5.41, 5.74) is 0. The molecule has 8 N–H and O–H groups in total. The molecule has 0 fully saturated rings. The molecule has 0 bridgehead atoms. The fourth-order valence-electron chi connectivity index (χ4n) is 4.43. The van der Waals surface area contributed by atoms with Crippen molar-refractivity contribution in [2.24, 2.45) is 0 Å². The van der Waals surface area contributed by atoms with Crippen molar-refractivity contribution >= 4 is 22.2 Å². The van der Waals surface area contributed by atoms with Crippen molar-refractivity contribution in [2.45, 2.75) is 181 Å². The van der Waals surface area contributed by atoms with Crippen molar-refractivity contribution < 1.29 is 58.2 Å². The molecule has 12 nitrogen and oxygen atoms in total. The largest absolute Gasteiger partial charge is 0.759 e. The van der Waals surface area contributed by atoms with Gasteiger partial charge < -0.3 is 29.5 Å². The predicted octanol–water partition coefficient (Wildman–Crippen LogP) is 2.75. The van der Waals surface area contributed by atoms with Crippen molar-refractivity contribution in [1.82, 2.24) is 0 Å². The summed E-state index contributed by atoms with van der Waals surface area (Å²) in [4.78, 5) is 22.3. The first-order valence-electron chi connectivity index (χ1n) is 16.5. The highest BCUT2D eigenvalue weighted by molar-refractivity contribution is 7.79. The van der Waals surface area contributed by atoms with Gasteiger partial charge in [-0.05, 0) is 12.8 Å². The van der Waals surface area contributed by atoms with Gasteiger partial charge in [-0.2, -0.15) is 0 Å². The molecular weight excluding hydrogens is 580 g/mol. The molecule has 0 saturated heterocycles. The second-order valence-electron chi connectivity index (χ2n) is 11.1. The van der Waals surface area contributed by atoms with E-state index in [9.17, 15) is 9.59 Å². The van der Waals surface area contributed by atoms with Crippen molar-refractivity contribution in [3.63, 3.8) is 0 Å². The summed E-state index contributed by atoms with van der Waals surface area (Å²) in [6, 6.07) is 0. The van der Waals surface area contributed by atoms with Crippen molar-refractivity contribution in [3.05, 3.63) is 0 Å². The van der Waals surface area contributed by atoms with Gasteiger partial charge in [0.2, 0.25) is 0 Å². The third-order valence-electron chi connectivity index (χ3n) is 6.72. The van der Waals surface area contributed by atoms with Gasteiger partial charge in [-0.25, -0.2) is 20.2 Å². The Labute approximate surface area is 261 Å². The molecular formula is C30H64N2O10S. The number of quaternary nitrogens is 2. The van der Waals surface area contributed by atoms with Crippen molar-refractivity contribution in [2.75, 3.05) is 0 Å². The highest BCUT2D eigenvalue weighted by Crippen LogP contribution is 2.12. The van der Waals surface area contributed by atoms with Gasteiger partial charge in [0.15, 0.2) is 0 Å². The maximum Gasteiger partial charge on any atom is 0.314 e. The topological polar surface area (TPSA) is 229 Å². The molecule has 0 aliphatic carbocycles. The Morgan fingerprint density at radius 3 is 0.860 bits per heavy atom. The number of carbonyl (C=O) groups excluding carboxylic acids is 2. The monoisotopic (exact) mass is 644 g/mol. The van der Waals surface area contributed by atoms with Crippen LogP contribution in [0.1, 0.15) is 168 Å². The number of unbranched alkanes of at least 4 members (excludes halogenated alkanes) is 20. The van der Waals surface area contributed by atoms with Gasteiger partial charge >= 0.3 is 24.6 Å². The molecule has 0 spiro atoms. The molecule has 260 valence electrons. The smallest absolute Gasteiger partial charge is 0.314 e. The Kier molecular flexibility index (Phi) is 38.2. The van der Waals surface area contributed by atoms with Crippen LogP contribution in [0.5, 0.6) is 0 Å². The van der Waals surface area contributed by atoms with E-state index in [2.05, 4.69) is 13.8 Å². The minimum atomic E-state index is -5.17. The molecule has 0 aromatic rings. The van der Waals surface area contributed by atoms with Crippen LogP contribution in [-0.4, -0.2) is 62.6 Å². The molecule has 2 amide bonds. The molecule has 0 heterocycles. The molecule has 0 radical (unpaired) electrons. The van der Waals surface area contributed by atoms with E-state index in [4.69, 9.17) is 37.9 Å². The van der Waals surface area contributed by atoms with Crippen LogP contribution in [-0.2, 0) is 20.0 Å². The van der Waals surface area contributed by atoms with E-state index in [1.54, 1.807) is 0 Å². The van der Waals surface area contributed by atoms with Crippen LogP contribution in [0.4, 0.5) is 0 Å². The highest BCUT2D eigenvalue weighted by atomic mass is 32.3.